The minimum Gasteiger partial charge on any atom is -0.455 e. The van der Waals surface area contributed by atoms with E-state index in [4.69, 9.17) is 16.3 Å². The van der Waals surface area contributed by atoms with Gasteiger partial charge in [0.05, 0.1) is 28.0 Å². The fourth-order valence-corrected chi connectivity index (χ4v) is 15.5. The van der Waals surface area contributed by atoms with Crippen LogP contribution in [0.4, 0.5) is 17.1 Å². The van der Waals surface area contributed by atoms with Gasteiger partial charge in [0, 0.05) is 129 Å². The van der Waals surface area contributed by atoms with Gasteiger partial charge in [-0.15, -0.1) is 0 Å². The maximum Gasteiger partial charge on any atom is 0.268 e. The van der Waals surface area contributed by atoms with Crippen LogP contribution in [0, 0.1) is 11.3 Å². The van der Waals surface area contributed by atoms with E-state index in [0.717, 1.165) is 129 Å². The summed E-state index contributed by atoms with van der Waals surface area (Å²) in [7, 11) is -4.46. The molecule has 1 saturated carbocycles. The Labute approximate surface area is 521 Å². The second-order valence-electron chi connectivity index (χ2n) is 25.2. The fraction of sp³-hybridized carbons (Fsp3) is 0.431. The number of fused-ring (bicyclic) bond motifs is 2. The molecule has 6 heterocycles. The third kappa shape index (κ3) is 13.5. The fourth-order valence-electron chi connectivity index (χ4n) is 13.7. The van der Waals surface area contributed by atoms with E-state index in [1.54, 1.807) is 35.5 Å². The van der Waals surface area contributed by atoms with Crippen LogP contribution >= 0.6 is 27.5 Å². The Balaban J connectivity index is 0.645. The largest absolute Gasteiger partial charge is 0.455 e. The summed E-state index contributed by atoms with van der Waals surface area (Å²) in [6, 6.07) is 25.6. The Hall–Kier alpha value is -6.85. The van der Waals surface area contributed by atoms with E-state index in [9.17, 15) is 32.8 Å². The molecule has 2 aliphatic carbocycles. The number of rotatable bonds is 17. The summed E-state index contributed by atoms with van der Waals surface area (Å²) in [6.07, 6.45) is 11.2. The van der Waals surface area contributed by atoms with Crippen molar-refractivity contribution in [3.63, 3.8) is 0 Å². The molecule has 6 aromatic rings. The quantitative estimate of drug-likeness (QED) is 0.0369. The molecule has 87 heavy (non-hydrogen) atoms. The lowest BCUT2D eigenvalue weighted by Gasteiger charge is -2.45. The molecule has 1 unspecified atom stereocenters. The van der Waals surface area contributed by atoms with E-state index in [1.165, 1.54) is 28.8 Å². The van der Waals surface area contributed by atoms with Crippen LogP contribution in [0.1, 0.15) is 116 Å². The highest BCUT2D eigenvalue weighted by molar-refractivity contribution is 9.10. The first-order chi connectivity index (χ1) is 41.8. The lowest BCUT2D eigenvalue weighted by atomic mass is 9.72. The number of carbonyl (C=O) groups excluding carboxylic acids is 4. The molecule has 0 bridgehead atoms. The predicted octanol–water partition coefficient (Wildman–Crippen LogP) is 10.4. The molecule has 458 valence electrons. The minimum atomic E-state index is -4.46. The van der Waals surface area contributed by atoms with Crippen LogP contribution < -0.4 is 30.5 Å². The molecule has 4 aliphatic heterocycles. The zero-order valence-corrected chi connectivity index (χ0v) is 52.5. The minimum absolute atomic E-state index is 0.0186. The van der Waals surface area contributed by atoms with E-state index in [-0.39, 0.29) is 51.6 Å². The summed E-state index contributed by atoms with van der Waals surface area (Å²) >= 11 is 10.0. The average molecular weight is 1290 g/mol. The van der Waals surface area contributed by atoms with Crippen LogP contribution in [0.15, 0.2) is 112 Å². The van der Waals surface area contributed by atoms with Gasteiger partial charge in [0.25, 0.3) is 21.8 Å². The second kappa shape index (κ2) is 25.3. The first kappa shape index (κ1) is 60.4. The summed E-state index contributed by atoms with van der Waals surface area (Å²) in [4.78, 5) is 71.0. The molecular weight excluding hydrogens is 1210 g/mol. The van der Waals surface area contributed by atoms with Crippen LogP contribution in [-0.2, 0) is 32.7 Å². The van der Waals surface area contributed by atoms with Gasteiger partial charge < -0.3 is 24.8 Å². The van der Waals surface area contributed by atoms with Crippen molar-refractivity contribution in [2.24, 2.45) is 11.3 Å². The lowest BCUT2D eigenvalue weighted by molar-refractivity contribution is -0.136. The summed E-state index contributed by atoms with van der Waals surface area (Å²) in [5.41, 5.74) is 11.2. The van der Waals surface area contributed by atoms with Gasteiger partial charge in [0.15, 0.2) is 0 Å². The third-order valence-corrected chi connectivity index (χ3v) is 21.0. The standard InChI is InChI=1S/C65H75BrClN11O8S/c1-40-36-77(27-26-76(40)37-42-28-52-54(55(66)29-42)39-78(64(52)82)58-16-17-60(79)71-63(58)81)47-10-4-41(5-11-47)34-69-56-15-13-50(32-57(56)72-83)87(84,85)73-62(80)51-14-12-48(31-59(51)86-49-30-44-19-21-68-61(44)70-35-49)75-24-22-74(23-25-75)38-45-18-20-65(2,3)33-53(45)43-6-8-46(67)9-7-43/h6-9,12-15,19,21,28-32,35,40-41,47,58,69,72,83H,4-5,10-11,16-18,20,22-27,33-34,36-39H2,1-3H3,(H,68,70)(H,73,80)(H,71,79,81)/t40-,41-,47-,58?/m1/s1. The topological polar surface area (TPSA) is 225 Å². The average Bonchev–Trinajstić information content (AvgIpc) is 2.02. The molecule has 4 aromatic carbocycles. The molecule has 2 aromatic heterocycles. The number of ether oxygens (including phenoxy) is 1. The van der Waals surface area contributed by atoms with Gasteiger partial charge in [-0.2, -0.15) is 0 Å². The third-order valence-electron chi connectivity index (χ3n) is 18.7. The first-order valence-corrected chi connectivity index (χ1v) is 33.0. The molecule has 12 rings (SSSR count). The number of piperidine rings is 1. The van der Waals surface area contributed by atoms with Crippen molar-refractivity contribution in [3.05, 3.63) is 140 Å². The number of H-pyrrole nitrogens is 1. The van der Waals surface area contributed by atoms with Gasteiger partial charge in [-0.3, -0.25) is 49.9 Å². The number of aromatic nitrogens is 2. The number of hydrogen-bond donors (Lipinski definition) is 6. The molecule has 3 saturated heterocycles. The first-order valence-electron chi connectivity index (χ1n) is 30.3. The number of allylic oxidation sites excluding steroid dienone is 1. The number of nitrogens with zero attached hydrogens (tertiary/aromatic N) is 6. The molecular formula is C65H75BrClN11O8S. The van der Waals surface area contributed by atoms with E-state index in [0.29, 0.717) is 60.7 Å². The molecule has 0 spiro atoms. The Morgan fingerprint density at radius 1 is 0.885 bits per heavy atom. The molecule has 6 N–H and O–H groups in total. The number of amides is 4. The Morgan fingerprint density at radius 3 is 2.44 bits per heavy atom. The van der Waals surface area contributed by atoms with Crippen molar-refractivity contribution < 1.29 is 37.5 Å². The second-order valence-corrected chi connectivity index (χ2v) is 28.2. The SMILES string of the molecule is C[C@@H]1CN([C@H]2CC[C@H](CNc3ccc(S(=O)(=O)NC(=O)c4ccc(N5CCN(CC6=C(c7ccc(Cl)cc7)CC(C)(C)CC6)CC5)cc4Oc4cnc5[nH]ccc5c4)cc3NO)CC2)CCN1Cc1cc(Br)c2c(c1)C(=O)N(C1CCC(=O)NC1=O)C2. The summed E-state index contributed by atoms with van der Waals surface area (Å²) in [5, 5.41) is 17.7. The normalized spacial score (nSPS) is 22.3. The van der Waals surface area contributed by atoms with Gasteiger partial charge in [-0.1, -0.05) is 59.1 Å². The van der Waals surface area contributed by atoms with Crippen LogP contribution in [-0.4, -0.2) is 144 Å². The Kier molecular flexibility index (Phi) is 17.6. The number of hydrogen-bond acceptors (Lipinski definition) is 15. The van der Waals surface area contributed by atoms with Crippen molar-refractivity contribution in [2.75, 3.05) is 74.6 Å². The summed E-state index contributed by atoms with van der Waals surface area (Å²) in [6.45, 7) is 15.4. The van der Waals surface area contributed by atoms with Crippen molar-refractivity contribution >= 4 is 94.9 Å². The lowest BCUT2D eigenvalue weighted by Crippen LogP contribution is -2.55. The van der Waals surface area contributed by atoms with Gasteiger partial charge in [-0.25, -0.2) is 18.1 Å². The number of benzene rings is 4. The summed E-state index contributed by atoms with van der Waals surface area (Å²) in [5.74, 6) is -0.868. The van der Waals surface area contributed by atoms with Gasteiger partial charge in [-0.05, 0) is 159 Å². The van der Waals surface area contributed by atoms with Crippen molar-refractivity contribution in [1.29, 1.82) is 0 Å². The number of sulfonamides is 1. The zero-order chi connectivity index (χ0) is 60.7. The highest BCUT2D eigenvalue weighted by Gasteiger charge is 2.41. The summed E-state index contributed by atoms with van der Waals surface area (Å²) < 4.78 is 37.7. The van der Waals surface area contributed by atoms with E-state index < -0.39 is 27.9 Å². The molecule has 19 nitrogen and oxygen atoms in total. The van der Waals surface area contributed by atoms with Crippen molar-refractivity contribution in [1.82, 2.24) is 39.6 Å². The number of carbonyl (C=O) groups is 4. The van der Waals surface area contributed by atoms with Crippen LogP contribution in [0.3, 0.4) is 0 Å². The van der Waals surface area contributed by atoms with E-state index >= 15 is 0 Å². The van der Waals surface area contributed by atoms with Crippen LogP contribution in [0.2, 0.25) is 5.02 Å². The Morgan fingerprint density at radius 2 is 1.68 bits per heavy atom. The zero-order valence-electron chi connectivity index (χ0n) is 49.3. The highest BCUT2D eigenvalue weighted by atomic mass is 79.9. The van der Waals surface area contributed by atoms with E-state index in [1.807, 2.05) is 36.4 Å². The van der Waals surface area contributed by atoms with Gasteiger partial charge in [0.2, 0.25) is 11.8 Å². The monoisotopic (exact) mass is 1280 g/mol. The number of halogens is 2. The molecule has 6 aliphatic rings. The molecule has 4 amide bonds. The maximum absolute atomic E-state index is 14.2. The number of aromatic amines is 1. The number of anilines is 3. The molecule has 0 radical (unpaired) electrons. The highest BCUT2D eigenvalue weighted by Crippen LogP contribution is 2.44. The number of nitrogens with one attached hydrogen (secondary N) is 5. The van der Waals surface area contributed by atoms with Crippen LogP contribution in [0.5, 0.6) is 11.5 Å². The number of piperazine rings is 2. The smallest absolute Gasteiger partial charge is 0.268 e. The van der Waals surface area contributed by atoms with Crippen molar-refractivity contribution in [2.45, 2.75) is 115 Å². The van der Waals surface area contributed by atoms with Gasteiger partial charge in [0.1, 0.15) is 23.2 Å². The molecule has 22 heteroatoms. The maximum atomic E-state index is 14.2. The van der Waals surface area contributed by atoms with Gasteiger partial charge >= 0.3 is 0 Å². The van der Waals surface area contributed by atoms with Crippen LogP contribution in [0.25, 0.3) is 16.6 Å². The number of imide groups is 1. The predicted molar refractivity (Wildman–Crippen MR) is 340 cm³/mol. The number of pyridine rings is 1. The van der Waals surface area contributed by atoms with E-state index in [2.05, 4.69) is 105 Å². The Bertz CT molecular complexity index is 3770. The molecule has 4 fully saturated rings. The molecule has 2 atom stereocenters. The van der Waals surface area contributed by atoms with Crippen molar-refractivity contribution in [3.8, 4) is 11.5 Å².